The van der Waals surface area contributed by atoms with Crippen molar-refractivity contribution in [3.05, 3.63) is 35.4 Å². The molecule has 0 aliphatic rings. The van der Waals surface area contributed by atoms with Gasteiger partial charge in [0.15, 0.2) is 0 Å². The number of rotatable bonds is 6. The second-order valence-corrected chi connectivity index (χ2v) is 4.55. The Morgan fingerprint density at radius 3 is 2.38 bits per heavy atom. The van der Waals surface area contributed by atoms with Crippen LogP contribution in [0.3, 0.4) is 0 Å². The van der Waals surface area contributed by atoms with Crippen molar-refractivity contribution in [3.8, 4) is 0 Å². The van der Waals surface area contributed by atoms with Gasteiger partial charge < -0.3 is 10.4 Å². The molecule has 0 amide bonds. The first-order valence-electron chi connectivity index (χ1n) is 6.08. The third kappa shape index (κ3) is 4.77. The Kier molecular flexibility index (Phi) is 5.50. The molecule has 0 aromatic heterocycles. The Labute approximate surface area is 98.7 Å². The summed E-state index contributed by atoms with van der Waals surface area (Å²) in [5, 5.41) is 12.6. The van der Waals surface area contributed by atoms with Crippen molar-refractivity contribution in [2.24, 2.45) is 0 Å². The summed E-state index contributed by atoms with van der Waals surface area (Å²) in [7, 11) is 0. The van der Waals surface area contributed by atoms with Gasteiger partial charge in [-0.1, -0.05) is 36.8 Å². The van der Waals surface area contributed by atoms with Gasteiger partial charge in [-0.15, -0.1) is 0 Å². The molecule has 2 atom stereocenters. The SMILES string of the molecule is CCC(Cc1ccc(C)cc1)NC[C@H](C)O. The van der Waals surface area contributed by atoms with Gasteiger partial charge in [-0.2, -0.15) is 0 Å². The molecule has 0 aliphatic heterocycles. The number of aliphatic hydroxyl groups is 1. The smallest absolute Gasteiger partial charge is 0.0636 e. The van der Waals surface area contributed by atoms with E-state index in [0.29, 0.717) is 12.6 Å². The number of aliphatic hydroxyl groups excluding tert-OH is 1. The van der Waals surface area contributed by atoms with Crippen molar-refractivity contribution >= 4 is 0 Å². The van der Waals surface area contributed by atoms with Gasteiger partial charge in [-0.3, -0.25) is 0 Å². The summed E-state index contributed by atoms with van der Waals surface area (Å²) in [5.74, 6) is 0. The standard InChI is InChI=1S/C14H23NO/c1-4-14(15-10-12(3)16)9-13-7-5-11(2)6-8-13/h5-8,12,14-16H,4,9-10H2,1-3H3/t12-,14?/m0/s1. The summed E-state index contributed by atoms with van der Waals surface area (Å²) in [6.07, 6.45) is 1.84. The second-order valence-electron chi connectivity index (χ2n) is 4.55. The van der Waals surface area contributed by atoms with E-state index >= 15 is 0 Å². The lowest BCUT2D eigenvalue weighted by molar-refractivity contribution is 0.185. The zero-order valence-electron chi connectivity index (χ0n) is 10.5. The monoisotopic (exact) mass is 221 g/mol. The molecule has 0 heterocycles. The largest absolute Gasteiger partial charge is 0.392 e. The molecule has 2 nitrogen and oxygen atoms in total. The molecule has 90 valence electrons. The Morgan fingerprint density at radius 1 is 1.25 bits per heavy atom. The summed E-state index contributed by atoms with van der Waals surface area (Å²) < 4.78 is 0. The van der Waals surface area contributed by atoms with Crippen molar-refractivity contribution in [3.63, 3.8) is 0 Å². The molecule has 0 aliphatic carbocycles. The predicted octanol–water partition coefficient (Wildman–Crippen LogP) is 2.29. The topological polar surface area (TPSA) is 32.3 Å². The third-order valence-electron chi connectivity index (χ3n) is 2.80. The lowest BCUT2D eigenvalue weighted by Gasteiger charge is -2.18. The molecule has 2 N–H and O–H groups in total. The van der Waals surface area contributed by atoms with Gasteiger partial charge in [0, 0.05) is 12.6 Å². The lowest BCUT2D eigenvalue weighted by Crippen LogP contribution is -2.35. The van der Waals surface area contributed by atoms with Gasteiger partial charge >= 0.3 is 0 Å². The third-order valence-corrected chi connectivity index (χ3v) is 2.80. The maximum absolute atomic E-state index is 9.24. The summed E-state index contributed by atoms with van der Waals surface area (Å²) in [6, 6.07) is 9.12. The average Bonchev–Trinajstić information content (AvgIpc) is 2.26. The molecular weight excluding hydrogens is 198 g/mol. The molecule has 16 heavy (non-hydrogen) atoms. The fourth-order valence-electron chi connectivity index (χ4n) is 1.71. The van der Waals surface area contributed by atoms with Gasteiger partial charge in [0.05, 0.1) is 6.10 Å². The zero-order chi connectivity index (χ0) is 12.0. The highest BCUT2D eigenvalue weighted by atomic mass is 16.3. The Morgan fingerprint density at radius 2 is 1.88 bits per heavy atom. The predicted molar refractivity (Wildman–Crippen MR) is 68.6 cm³/mol. The second kappa shape index (κ2) is 6.66. The minimum Gasteiger partial charge on any atom is -0.392 e. The molecule has 0 fully saturated rings. The number of nitrogens with one attached hydrogen (secondary N) is 1. The van der Waals surface area contributed by atoms with Crippen molar-refractivity contribution in [1.82, 2.24) is 5.32 Å². The Bertz CT molecular complexity index is 292. The van der Waals surface area contributed by atoms with E-state index < -0.39 is 0 Å². The normalized spacial score (nSPS) is 14.8. The van der Waals surface area contributed by atoms with Gasteiger partial charge in [0.1, 0.15) is 0 Å². The molecule has 0 bridgehead atoms. The van der Waals surface area contributed by atoms with Crippen LogP contribution in [0, 0.1) is 6.92 Å². The lowest BCUT2D eigenvalue weighted by atomic mass is 10.0. The van der Waals surface area contributed by atoms with Gasteiger partial charge in [-0.05, 0) is 32.3 Å². The van der Waals surface area contributed by atoms with E-state index in [0.717, 1.165) is 12.8 Å². The molecule has 0 spiro atoms. The van der Waals surface area contributed by atoms with Gasteiger partial charge in [0.25, 0.3) is 0 Å². The van der Waals surface area contributed by atoms with Crippen molar-refractivity contribution in [2.75, 3.05) is 6.54 Å². The molecule has 1 unspecified atom stereocenters. The number of benzene rings is 1. The van der Waals surface area contributed by atoms with Crippen LogP contribution in [0.4, 0.5) is 0 Å². The maximum atomic E-state index is 9.24. The fraction of sp³-hybridized carbons (Fsp3) is 0.571. The maximum Gasteiger partial charge on any atom is 0.0636 e. The molecule has 0 saturated carbocycles. The molecule has 1 rings (SSSR count). The minimum atomic E-state index is -0.271. The van der Waals surface area contributed by atoms with Crippen molar-refractivity contribution < 1.29 is 5.11 Å². The molecule has 0 saturated heterocycles. The van der Waals surface area contributed by atoms with E-state index in [-0.39, 0.29) is 6.10 Å². The number of hydrogen-bond donors (Lipinski definition) is 2. The van der Waals surface area contributed by atoms with Crippen molar-refractivity contribution in [1.29, 1.82) is 0 Å². The summed E-state index contributed by atoms with van der Waals surface area (Å²) >= 11 is 0. The molecule has 0 radical (unpaired) electrons. The van der Waals surface area contributed by atoms with Crippen LogP contribution in [-0.2, 0) is 6.42 Å². The first-order chi connectivity index (χ1) is 7.61. The molecule has 1 aromatic carbocycles. The minimum absolute atomic E-state index is 0.271. The van der Waals surface area contributed by atoms with Crippen LogP contribution < -0.4 is 5.32 Å². The average molecular weight is 221 g/mol. The van der Waals surface area contributed by atoms with Crippen LogP contribution in [0.1, 0.15) is 31.4 Å². The fourth-order valence-corrected chi connectivity index (χ4v) is 1.71. The van der Waals surface area contributed by atoms with E-state index in [1.165, 1.54) is 11.1 Å². The summed E-state index contributed by atoms with van der Waals surface area (Å²) in [6.45, 7) is 6.76. The zero-order valence-corrected chi connectivity index (χ0v) is 10.5. The van der Waals surface area contributed by atoms with Crippen LogP contribution in [0.5, 0.6) is 0 Å². The van der Waals surface area contributed by atoms with E-state index in [9.17, 15) is 5.11 Å². The molecular formula is C14H23NO. The van der Waals surface area contributed by atoms with Crippen LogP contribution in [0.15, 0.2) is 24.3 Å². The molecule has 2 heteroatoms. The highest BCUT2D eigenvalue weighted by molar-refractivity contribution is 5.22. The number of hydrogen-bond acceptors (Lipinski definition) is 2. The van der Waals surface area contributed by atoms with Crippen LogP contribution >= 0.6 is 0 Å². The van der Waals surface area contributed by atoms with Gasteiger partial charge in [-0.25, -0.2) is 0 Å². The van der Waals surface area contributed by atoms with Crippen LogP contribution in [0.2, 0.25) is 0 Å². The van der Waals surface area contributed by atoms with Gasteiger partial charge in [0.2, 0.25) is 0 Å². The summed E-state index contributed by atoms with van der Waals surface area (Å²) in [5.41, 5.74) is 2.66. The van der Waals surface area contributed by atoms with E-state index in [2.05, 4.69) is 43.4 Å². The van der Waals surface area contributed by atoms with E-state index in [4.69, 9.17) is 0 Å². The highest BCUT2D eigenvalue weighted by Gasteiger charge is 2.07. The first kappa shape index (κ1) is 13.2. The Balaban J connectivity index is 2.46. The van der Waals surface area contributed by atoms with E-state index in [1.807, 2.05) is 6.92 Å². The first-order valence-corrected chi connectivity index (χ1v) is 6.08. The molecule has 1 aromatic rings. The number of aryl methyl sites for hydroxylation is 1. The van der Waals surface area contributed by atoms with Crippen LogP contribution in [0.25, 0.3) is 0 Å². The van der Waals surface area contributed by atoms with Crippen molar-refractivity contribution in [2.45, 2.75) is 45.8 Å². The van der Waals surface area contributed by atoms with E-state index in [1.54, 1.807) is 0 Å². The Hall–Kier alpha value is -0.860. The quantitative estimate of drug-likeness (QED) is 0.772. The summed E-state index contributed by atoms with van der Waals surface area (Å²) in [4.78, 5) is 0. The van der Waals surface area contributed by atoms with Crippen LogP contribution in [-0.4, -0.2) is 23.8 Å². The highest BCUT2D eigenvalue weighted by Crippen LogP contribution is 2.07.